The van der Waals surface area contributed by atoms with Crippen molar-refractivity contribution in [3.05, 3.63) is 47.8 Å². The summed E-state index contributed by atoms with van der Waals surface area (Å²) >= 11 is 0. The fraction of sp³-hybridized carbons (Fsp3) is 0.368. The summed E-state index contributed by atoms with van der Waals surface area (Å²) < 4.78 is 0. The lowest BCUT2D eigenvalue weighted by molar-refractivity contribution is 0.0949. The van der Waals surface area contributed by atoms with Crippen LogP contribution in [0.2, 0.25) is 0 Å². The van der Waals surface area contributed by atoms with E-state index in [4.69, 9.17) is 0 Å². The SMILES string of the molecule is CNc1ncc(CN(C)C(=O)Nc2cccc(C(=O)NCC(C)C)c2)cn1. The van der Waals surface area contributed by atoms with Gasteiger partial charge >= 0.3 is 6.03 Å². The molecular formula is C19H26N6O2. The van der Waals surface area contributed by atoms with Gasteiger partial charge < -0.3 is 20.9 Å². The maximum Gasteiger partial charge on any atom is 0.321 e. The van der Waals surface area contributed by atoms with E-state index in [2.05, 4.69) is 25.9 Å². The van der Waals surface area contributed by atoms with Crippen molar-refractivity contribution in [1.29, 1.82) is 0 Å². The van der Waals surface area contributed by atoms with Gasteiger partial charge in [-0.15, -0.1) is 0 Å². The number of benzene rings is 1. The molecule has 3 amide bonds. The zero-order valence-electron chi connectivity index (χ0n) is 16.1. The molecule has 8 nitrogen and oxygen atoms in total. The molecule has 0 saturated carbocycles. The molecule has 2 aromatic rings. The minimum absolute atomic E-state index is 0.157. The number of carbonyl (C=O) groups is 2. The number of nitrogens with one attached hydrogen (secondary N) is 3. The molecule has 0 unspecified atom stereocenters. The molecule has 0 aliphatic heterocycles. The molecule has 144 valence electrons. The Balaban J connectivity index is 1.95. The largest absolute Gasteiger partial charge is 0.357 e. The summed E-state index contributed by atoms with van der Waals surface area (Å²) in [7, 11) is 3.42. The standard InChI is InChI=1S/C19H26N6O2/c1-13(2)9-21-17(26)15-6-5-7-16(8-15)24-19(27)25(4)12-14-10-22-18(20-3)23-11-14/h5-8,10-11,13H,9,12H2,1-4H3,(H,21,26)(H,24,27)(H,20,22,23). The molecule has 27 heavy (non-hydrogen) atoms. The van der Waals surface area contributed by atoms with Gasteiger partial charge in [-0.05, 0) is 24.1 Å². The van der Waals surface area contributed by atoms with Gasteiger partial charge in [0.2, 0.25) is 5.95 Å². The molecule has 0 saturated heterocycles. The Morgan fingerprint density at radius 3 is 2.52 bits per heavy atom. The number of hydrogen-bond donors (Lipinski definition) is 3. The molecule has 0 fully saturated rings. The minimum Gasteiger partial charge on any atom is -0.357 e. The highest BCUT2D eigenvalue weighted by Crippen LogP contribution is 2.12. The summed E-state index contributed by atoms with van der Waals surface area (Å²) in [6.07, 6.45) is 3.34. The molecular weight excluding hydrogens is 344 g/mol. The third kappa shape index (κ3) is 6.25. The molecule has 1 aromatic heterocycles. The van der Waals surface area contributed by atoms with Crippen molar-refractivity contribution in [2.75, 3.05) is 31.3 Å². The van der Waals surface area contributed by atoms with Gasteiger partial charge in [0, 0.05) is 49.8 Å². The maximum absolute atomic E-state index is 12.4. The smallest absolute Gasteiger partial charge is 0.321 e. The number of rotatable bonds is 7. The quantitative estimate of drug-likeness (QED) is 0.696. The van der Waals surface area contributed by atoms with E-state index in [1.807, 2.05) is 13.8 Å². The second-order valence-electron chi connectivity index (χ2n) is 6.64. The average Bonchev–Trinajstić information content (AvgIpc) is 2.66. The van der Waals surface area contributed by atoms with E-state index in [1.165, 1.54) is 4.90 Å². The van der Waals surface area contributed by atoms with Crippen LogP contribution in [0.25, 0.3) is 0 Å². The van der Waals surface area contributed by atoms with Crippen molar-refractivity contribution in [1.82, 2.24) is 20.2 Å². The van der Waals surface area contributed by atoms with Crippen LogP contribution in [0.1, 0.15) is 29.8 Å². The van der Waals surface area contributed by atoms with Crippen molar-refractivity contribution >= 4 is 23.6 Å². The highest BCUT2D eigenvalue weighted by Gasteiger charge is 2.12. The van der Waals surface area contributed by atoms with Crippen molar-refractivity contribution in [2.45, 2.75) is 20.4 Å². The third-order valence-corrected chi connectivity index (χ3v) is 3.74. The van der Waals surface area contributed by atoms with E-state index >= 15 is 0 Å². The van der Waals surface area contributed by atoms with Gasteiger partial charge in [0.25, 0.3) is 5.91 Å². The maximum atomic E-state index is 12.4. The van der Waals surface area contributed by atoms with Gasteiger partial charge in [-0.1, -0.05) is 19.9 Å². The van der Waals surface area contributed by atoms with Gasteiger partial charge in [0.15, 0.2) is 0 Å². The molecule has 1 heterocycles. The Hall–Kier alpha value is -3.16. The monoisotopic (exact) mass is 370 g/mol. The molecule has 8 heteroatoms. The number of carbonyl (C=O) groups excluding carboxylic acids is 2. The lowest BCUT2D eigenvalue weighted by atomic mass is 10.1. The predicted molar refractivity (Wildman–Crippen MR) is 106 cm³/mol. The van der Waals surface area contributed by atoms with Crippen molar-refractivity contribution in [3.8, 4) is 0 Å². The van der Waals surface area contributed by atoms with Crippen LogP contribution in [0.4, 0.5) is 16.4 Å². The van der Waals surface area contributed by atoms with Crippen LogP contribution >= 0.6 is 0 Å². The third-order valence-electron chi connectivity index (χ3n) is 3.74. The molecule has 0 atom stereocenters. The van der Waals surface area contributed by atoms with E-state index < -0.39 is 0 Å². The number of amides is 3. The van der Waals surface area contributed by atoms with Crippen LogP contribution in [-0.4, -0.2) is 47.4 Å². The molecule has 0 radical (unpaired) electrons. The average molecular weight is 370 g/mol. The number of nitrogens with zero attached hydrogens (tertiary/aromatic N) is 3. The van der Waals surface area contributed by atoms with Crippen LogP contribution in [0.3, 0.4) is 0 Å². The molecule has 0 spiro atoms. The minimum atomic E-state index is -0.285. The fourth-order valence-electron chi connectivity index (χ4n) is 2.27. The molecule has 2 rings (SSSR count). The highest BCUT2D eigenvalue weighted by molar-refractivity contribution is 5.96. The number of urea groups is 1. The zero-order valence-corrected chi connectivity index (χ0v) is 16.1. The topological polar surface area (TPSA) is 99.3 Å². The second-order valence-corrected chi connectivity index (χ2v) is 6.64. The highest BCUT2D eigenvalue weighted by atomic mass is 16.2. The molecule has 3 N–H and O–H groups in total. The number of aromatic nitrogens is 2. The fourth-order valence-corrected chi connectivity index (χ4v) is 2.27. The summed E-state index contributed by atoms with van der Waals surface area (Å²) in [6.45, 7) is 5.03. The normalized spacial score (nSPS) is 10.4. The first-order valence-electron chi connectivity index (χ1n) is 8.78. The van der Waals surface area contributed by atoms with Gasteiger partial charge in [-0.3, -0.25) is 4.79 Å². The van der Waals surface area contributed by atoms with Gasteiger partial charge in [0.1, 0.15) is 0 Å². The lowest BCUT2D eigenvalue weighted by Gasteiger charge is -2.18. The second kappa shape index (κ2) is 9.51. The van der Waals surface area contributed by atoms with E-state index in [1.54, 1.807) is 50.8 Å². The van der Waals surface area contributed by atoms with E-state index in [9.17, 15) is 9.59 Å². The van der Waals surface area contributed by atoms with Crippen molar-refractivity contribution in [2.24, 2.45) is 5.92 Å². The number of hydrogen-bond acceptors (Lipinski definition) is 5. The van der Waals surface area contributed by atoms with Crippen molar-refractivity contribution < 1.29 is 9.59 Å². The Morgan fingerprint density at radius 2 is 1.89 bits per heavy atom. The van der Waals surface area contributed by atoms with E-state index in [0.29, 0.717) is 36.2 Å². The van der Waals surface area contributed by atoms with E-state index in [-0.39, 0.29) is 11.9 Å². The molecule has 0 aliphatic rings. The van der Waals surface area contributed by atoms with Gasteiger partial charge in [-0.2, -0.15) is 0 Å². The van der Waals surface area contributed by atoms with E-state index in [0.717, 1.165) is 5.56 Å². The van der Waals surface area contributed by atoms with Gasteiger partial charge in [0.05, 0.1) is 6.54 Å². The summed E-state index contributed by atoms with van der Waals surface area (Å²) in [5, 5.41) is 8.51. The Bertz CT molecular complexity index is 776. The Kier molecular flexibility index (Phi) is 7.10. The zero-order chi connectivity index (χ0) is 19.8. The molecule has 0 aliphatic carbocycles. The summed E-state index contributed by atoms with van der Waals surface area (Å²) in [5.74, 6) is 0.741. The first-order valence-corrected chi connectivity index (χ1v) is 8.78. The van der Waals surface area contributed by atoms with Crippen molar-refractivity contribution in [3.63, 3.8) is 0 Å². The van der Waals surface area contributed by atoms with Crippen LogP contribution < -0.4 is 16.0 Å². The van der Waals surface area contributed by atoms with Gasteiger partial charge in [-0.25, -0.2) is 14.8 Å². The molecule has 1 aromatic carbocycles. The van der Waals surface area contributed by atoms with Crippen LogP contribution in [0.5, 0.6) is 0 Å². The van der Waals surface area contributed by atoms with Crippen LogP contribution in [0.15, 0.2) is 36.7 Å². The lowest BCUT2D eigenvalue weighted by Crippen LogP contribution is -2.31. The molecule has 0 bridgehead atoms. The Morgan fingerprint density at radius 1 is 1.19 bits per heavy atom. The van der Waals surface area contributed by atoms with Crippen LogP contribution in [-0.2, 0) is 6.54 Å². The summed E-state index contributed by atoms with van der Waals surface area (Å²) in [6, 6.07) is 6.58. The first-order chi connectivity index (χ1) is 12.9. The Labute approximate surface area is 159 Å². The number of anilines is 2. The van der Waals surface area contributed by atoms with Crippen LogP contribution in [0, 0.1) is 5.92 Å². The predicted octanol–water partition coefficient (Wildman–Crippen LogP) is 2.57. The summed E-state index contributed by atoms with van der Waals surface area (Å²) in [4.78, 5) is 34.3. The first kappa shape index (κ1) is 20.2. The summed E-state index contributed by atoms with van der Waals surface area (Å²) in [5.41, 5.74) is 1.88.